The van der Waals surface area contributed by atoms with Gasteiger partial charge in [0.1, 0.15) is 37.3 Å². The summed E-state index contributed by atoms with van der Waals surface area (Å²) >= 11 is 0. The van der Waals surface area contributed by atoms with Gasteiger partial charge in [0.05, 0.1) is 16.8 Å². The number of ether oxygens (including phenoxy) is 1. The lowest BCUT2D eigenvalue weighted by Crippen LogP contribution is -2.55. The predicted molar refractivity (Wildman–Crippen MR) is 127 cm³/mol. The molecule has 0 spiro atoms. The lowest BCUT2D eigenvalue weighted by molar-refractivity contribution is -0.192. The van der Waals surface area contributed by atoms with Gasteiger partial charge in [0.2, 0.25) is 0 Å². The SMILES string of the molecule is Cc1nc2c(OCc3c(F)cccc3F)cc(CF)cn2c1C(=O)NCC(C)(CF)NC(=O)O.O=C(O)C(F)(F)F. The van der Waals surface area contributed by atoms with E-state index in [4.69, 9.17) is 19.7 Å². The maximum Gasteiger partial charge on any atom is 0.490 e. The zero-order valence-electron chi connectivity index (χ0n) is 21.3. The Morgan fingerprint density at radius 2 is 1.68 bits per heavy atom. The number of aromatic nitrogens is 2. The first-order valence-electron chi connectivity index (χ1n) is 11.3. The summed E-state index contributed by atoms with van der Waals surface area (Å²) in [4.78, 5) is 36.9. The summed E-state index contributed by atoms with van der Waals surface area (Å²) in [6.45, 7) is -0.116. The molecule has 10 nitrogen and oxygen atoms in total. The van der Waals surface area contributed by atoms with Gasteiger partial charge in [-0.25, -0.2) is 32.1 Å². The molecule has 2 heterocycles. The number of fused-ring (bicyclic) bond motifs is 1. The van der Waals surface area contributed by atoms with Crippen molar-refractivity contribution < 1.29 is 60.1 Å². The quantitative estimate of drug-likeness (QED) is 0.270. The van der Waals surface area contributed by atoms with Gasteiger partial charge in [-0.1, -0.05) is 6.07 Å². The fraction of sp³-hybridized carbons (Fsp3) is 0.333. The fourth-order valence-corrected chi connectivity index (χ4v) is 3.30. The van der Waals surface area contributed by atoms with E-state index in [1.54, 1.807) is 0 Å². The molecule has 0 saturated heterocycles. The molecule has 2 amide bonds. The van der Waals surface area contributed by atoms with Crippen molar-refractivity contribution in [2.45, 2.75) is 38.8 Å². The van der Waals surface area contributed by atoms with E-state index < -0.39 is 61.3 Å². The Morgan fingerprint density at radius 1 is 1.10 bits per heavy atom. The van der Waals surface area contributed by atoms with Crippen LogP contribution in [0.25, 0.3) is 5.65 Å². The van der Waals surface area contributed by atoms with Gasteiger partial charge < -0.3 is 25.6 Å². The van der Waals surface area contributed by atoms with Crippen LogP contribution in [0.4, 0.5) is 35.5 Å². The van der Waals surface area contributed by atoms with Gasteiger partial charge in [0, 0.05) is 18.3 Å². The molecule has 0 bridgehead atoms. The third kappa shape index (κ3) is 8.46. The van der Waals surface area contributed by atoms with Crippen LogP contribution in [0.1, 0.15) is 34.2 Å². The number of rotatable bonds is 9. The second-order valence-corrected chi connectivity index (χ2v) is 8.68. The van der Waals surface area contributed by atoms with Gasteiger partial charge >= 0.3 is 18.2 Å². The summed E-state index contributed by atoms with van der Waals surface area (Å²) in [6, 6.07) is 4.65. The predicted octanol–water partition coefficient (Wildman–Crippen LogP) is 4.33. The molecule has 17 heteroatoms. The summed E-state index contributed by atoms with van der Waals surface area (Å²) in [5.41, 5.74) is -1.52. The molecule has 0 radical (unpaired) electrons. The van der Waals surface area contributed by atoms with Crippen LogP contribution in [0.5, 0.6) is 5.75 Å². The molecule has 4 N–H and O–H groups in total. The van der Waals surface area contributed by atoms with Crippen LogP contribution < -0.4 is 15.4 Å². The minimum absolute atomic E-state index is 0.0129. The first-order valence-corrected chi connectivity index (χ1v) is 11.3. The highest BCUT2D eigenvalue weighted by Gasteiger charge is 2.38. The standard InChI is InChI=1S/C22H22F4N4O4.C2HF3O2/c1-12-18(20(31)27-11-22(2,10-24)29-21(32)33)30-8-13(7-23)6-17(19(30)28-12)34-9-14-15(25)4-3-5-16(14)26;3-2(4,5)1(6)7/h3-6,8,29H,7,9-11H2,1-2H3,(H,27,31)(H,32,33);(H,6,7). The van der Waals surface area contributed by atoms with Crippen LogP contribution in [0.15, 0.2) is 30.5 Å². The normalized spacial score (nSPS) is 12.6. The molecule has 0 fully saturated rings. The Kier molecular flexibility index (Phi) is 10.5. The third-order valence-electron chi connectivity index (χ3n) is 5.31. The van der Waals surface area contributed by atoms with E-state index in [0.29, 0.717) is 0 Å². The molecule has 224 valence electrons. The zero-order valence-corrected chi connectivity index (χ0v) is 21.3. The van der Waals surface area contributed by atoms with Gasteiger partial charge in [-0.15, -0.1) is 0 Å². The van der Waals surface area contributed by atoms with E-state index in [0.717, 1.165) is 12.1 Å². The second-order valence-electron chi connectivity index (χ2n) is 8.68. The lowest BCUT2D eigenvalue weighted by atomic mass is 10.1. The summed E-state index contributed by atoms with van der Waals surface area (Å²) < 4.78 is 93.3. The van der Waals surface area contributed by atoms with Crippen molar-refractivity contribution in [1.29, 1.82) is 0 Å². The van der Waals surface area contributed by atoms with Gasteiger partial charge in [0.25, 0.3) is 5.91 Å². The Balaban J connectivity index is 0.000000745. The molecule has 1 aromatic carbocycles. The fourth-order valence-electron chi connectivity index (χ4n) is 3.30. The highest BCUT2D eigenvalue weighted by Crippen LogP contribution is 2.26. The van der Waals surface area contributed by atoms with Gasteiger partial charge in [-0.2, -0.15) is 13.2 Å². The molecule has 0 aliphatic carbocycles. The number of nitrogens with one attached hydrogen (secondary N) is 2. The number of carbonyl (C=O) groups is 3. The van der Waals surface area contributed by atoms with Crippen LogP contribution in [-0.4, -0.2) is 62.5 Å². The summed E-state index contributed by atoms with van der Waals surface area (Å²) in [5.74, 6) is -5.13. The summed E-state index contributed by atoms with van der Waals surface area (Å²) in [5, 5.41) is 20.4. The molecule has 0 aliphatic rings. The molecule has 3 rings (SSSR count). The number of halogens is 7. The number of aliphatic carboxylic acids is 1. The van der Waals surface area contributed by atoms with Crippen LogP contribution in [0.2, 0.25) is 0 Å². The number of benzene rings is 1. The largest absolute Gasteiger partial charge is 0.490 e. The molecular formula is C24H23F7N4O6. The number of imidazole rings is 1. The maximum atomic E-state index is 14.0. The van der Waals surface area contributed by atoms with Crippen LogP contribution in [0, 0.1) is 18.6 Å². The molecule has 0 saturated carbocycles. The zero-order chi connectivity index (χ0) is 31.1. The minimum atomic E-state index is -5.08. The van der Waals surface area contributed by atoms with E-state index >= 15 is 0 Å². The topological polar surface area (TPSA) is 142 Å². The number of carbonyl (C=O) groups excluding carboxylic acids is 1. The van der Waals surface area contributed by atoms with Crippen molar-refractivity contribution in [1.82, 2.24) is 20.0 Å². The highest BCUT2D eigenvalue weighted by atomic mass is 19.4. The van der Waals surface area contributed by atoms with Gasteiger partial charge in [-0.3, -0.25) is 9.20 Å². The number of carboxylic acid groups (broad SMARTS) is 2. The Bertz CT molecular complexity index is 1410. The van der Waals surface area contributed by atoms with E-state index in [2.05, 4.69) is 10.3 Å². The first kappa shape index (κ1) is 32.6. The smallest absolute Gasteiger partial charge is 0.485 e. The number of nitrogens with zero attached hydrogens (tertiary/aromatic N) is 2. The summed E-state index contributed by atoms with van der Waals surface area (Å²) in [7, 11) is 0. The van der Waals surface area contributed by atoms with Crippen molar-refractivity contribution >= 4 is 23.6 Å². The van der Waals surface area contributed by atoms with Crippen molar-refractivity contribution in [3.05, 3.63) is 64.6 Å². The molecule has 41 heavy (non-hydrogen) atoms. The minimum Gasteiger partial charge on any atom is -0.485 e. The van der Waals surface area contributed by atoms with E-state index in [1.165, 1.54) is 36.6 Å². The third-order valence-corrected chi connectivity index (χ3v) is 5.31. The molecule has 1 unspecified atom stereocenters. The van der Waals surface area contributed by atoms with Crippen molar-refractivity contribution in [2.24, 2.45) is 0 Å². The van der Waals surface area contributed by atoms with Gasteiger partial charge in [0.15, 0.2) is 11.4 Å². The number of pyridine rings is 1. The number of amides is 2. The van der Waals surface area contributed by atoms with Gasteiger partial charge in [-0.05, 0) is 32.0 Å². The second kappa shape index (κ2) is 13.2. The Hall–Kier alpha value is -4.57. The van der Waals surface area contributed by atoms with Crippen molar-refractivity contribution in [3.63, 3.8) is 0 Å². The molecular weight excluding hydrogens is 573 g/mol. The lowest BCUT2D eigenvalue weighted by Gasteiger charge is -2.26. The monoisotopic (exact) mass is 596 g/mol. The van der Waals surface area contributed by atoms with Crippen molar-refractivity contribution in [2.75, 3.05) is 13.2 Å². The maximum absolute atomic E-state index is 14.0. The molecule has 0 aliphatic heterocycles. The first-order chi connectivity index (χ1) is 19.0. The number of carboxylic acids is 1. The van der Waals surface area contributed by atoms with Crippen LogP contribution in [0.3, 0.4) is 0 Å². The summed E-state index contributed by atoms with van der Waals surface area (Å²) in [6.07, 6.45) is -5.23. The van der Waals surface area contributed by atoms with E-state index in [1.807, 2.05) is 5.32 Å². The average molecular weight is 596 g/mol. The number of hydrogen-bond acceptors (Lipinski definition) is 5. The Morgan fingerprint density at radius 3 is 2.17 bits per heavy atom. The average Bonchev–Trinajstić information content (AvgIpc) is 3.22. The highest BCUT2D eigenvalue weighted by molar-refractivity contribution is 5.95. The number of hydrogen-bond donors (Lipinski definition) is 4. The van der Waals surface area contributed by atoms with Crippen LogP contribution >= 0.6 is 0 Å². The van der Waals surface area contributed by atoms with E-state index in [9.17, 15) is 40.3 Å². The number of aryl methyl sites for hydroxylation is 1. The molecule has 2 aromatic heterocycles. The van der Waals surface area contributed by atoms with E-state index in [-0.39, 0.29) is 40.5 Å². The molecule has 1 atom stereocenters. The van der Waals surface area contributed by atoms with Crippen LogP contribution in [-0.2, 0) is 18.1 Å². The number of alkyl halides is 5. The van der Waals surface area contributed by atoms with Crippen molar-refractivity contribution in [3.8, 4) is 5.75 Å². The Labute approximate surface area is 226 Å². The molecule has 3 aromatic rings.